The fraction of sp³-hybridized carbons (Fsp3) is 0.160. The summed E-state index contributed by atoms with van der Waals surface area (Å²) in [5, 5.41) is 10.6. The highest BCUT2D eigenvalue weighted by Crippen LogP contribution is 2.29. The standard InChI is InChI=1S/C25H24N4O2.C23H18ClN3O2.C2H7N/c1-16-10-11-19(27-24(30)17-8-6-5-7-9-17)13-20(16)21-12-18-15-26-23(28(2)3)14-22(18)29(4)25(21)31;1-14-8-9-17(26-22(28)15-6-4-3-5-7-15)11-18(14)19-10-16-13-25-21(24)12-20(16)27(2)23(19)29;1-3-2/h5-15H,1-4H3,(H,27,30);3-13H,1-2H3,(H,26,28);3H,1-2H3. The van der Waals surface area contributed by atoms with Crippen molar-refractivity contribution in [1.82, 2.24) is 24.4 Å². The molecule has 13 heteroatoms. The van der Waals surface area contributed by atoms with Crippen LogP contribution in [-0.2, 0) is 14.1 Å². The van der Waals surface area contributed by atoms with Crippen molar-refractivity contribution in [2.45, 2.75) is 13.8 Å². The van der Waals surface area contributed by atoms with E-state index < -0.39 is 0 Å². The van der Waals surface area contributed by atoms with E-state index in [9.17, 15) is 19.2 Å². The van der Waals surface area contributed by atoms with Gasteiger partial charge in [0.25, 0.3) is 22.9 Å². The second kappa shape index (κ2) is 20.0. The summed E-state index contributed by atoms with van der Waals surface area (Å²) in [7, 11) is 11.1. The van der Waals surface area contributed by atoms with Crippen molar-refractivity contribution in [2.24, 2.45) is 14.1 Å². The number of fused-ring (bicyclic) bond motifs is 2. The lowest BCUT2D eigenvalue weighted by Gasteiger charge is -2.15. The molecule has 0 spiro atoms. The minimum atomic E-state index is -0.203. The monoisotopic (exact) mass is 860 g/mol. The average molecular weight is 861 g/mol. The van der Waals surface area contributed by atoms with Gasteiger partial charge >= 0.3 is 0 Å². The minimum absolute atomic E-state index is 0.0990. The second-order valence-electron chi connectivity index (χ2n) is 15.1. The van der Waals surface area contributed by atoms with Gasteiger partial charge in [-0.2, -0.15) is 0 Å². The van der Waals surface area contributed by atoms with Crippen molar-refractivity contribution in [3.63, 3.8) is 0 Å². The van der Waals surface area contributed by atoms with E-state index >= 15 is 0 Å². The first kappa shape index (κ1) is 45.1. The maximum Gasteiger partial charge on any atom is 0.258 e. The molecule has 8 rings (SSSR count). The van der Waals surface area contributed by atoms with Crippen LogP contribution in [0.15, 0.2) is 143 Å². The maximum absolute atomic E-state index is 13.2. The quantitative estimate of drug-likeness (QED) is 0.135. The van der Waals surface area contributed by atoms with Crippen LogP contribution in [0.2, 0.25) is 5.15 Å². The highest BCUT2D eigenvalue weighted by Gasteiger charge is 2.16. The molecule has 12 nitrogen and oxygen atoms in total. The number of anilines is 3. The largest absolute Gasteiger partial charge is 0.363 e. The lowest BCUT2D eigenvalue weighted by atomic mass is 9.99. The molecule has 0 atom stereocenters. The number of hydrogen-bond donors (Lipinski definition) is 3. The Hall–Kier alpha value is -7.41. The molecule has 0 fully saturated rings. The Morgan fingerprint density at radius 1 is 0.571 bits per heavy atom. The molecule has 0 saturated heterocycles. The molecule has 2 amide bonds. The molecule has 0 unspecified atom stereocenters. The van der Waals surface area contributed by atoms with Crippen molar-refractivity contribution in [3.05, 3.63) is 182 Å². The van der Waals surface area contributed by atoms with Crippen LogP contribution in [0.1, 0.15) is 31.8 Å². The first-order chi connectivity index (χ1) is 30.2. The van der Waals surface area contributed by atoms with Gasteiger partial charge in [0.05, 0.1) is 11.0 Å². The summed E-state index contributed by atoms with van der Waals surface area (Å²) in [6.45, 7) is 3.89. The Balaban J connectivity index is 0.000000198. The number of rotatable bonds is 7. The summed E-state index contributed by atoms with van der Waals surface area (Å²) in [5.41, 5.74) is 8.23. The highest BCUT2D eigenvalue weighted by atomic mass is 35.5. The van der Waals surface area contributed by atoms with Crippen LogP contribution in [0.3, 0.4) is 0 Å². The smallest absolute Gasteiger partial charge is 0.258 e. The van der Waals surface area contributed by atoms with Crippen LogP contribution in [-0.4, -0.2) is 59.1 Å². The van der Waals surface area contributed by atoms with E-state index in [1.165, 1.54) is 0 Å². The summed E-state index contributed by atoms with van der Waals surface area (Å²) >= 11 is 5.98. The molecular formula is C50H49ClN8O4. The minimum Gasteiger partial charge on any atom is -0.363 e. The van der Waals surface area contributed by atoms with Crippen LogP contribution in [0.4, 0.5) is 17.2 Å². The molecule has 0 aliphatic rings. The summed E-state index contributed by atoms with van der Waals surface area (Å²) in [6.07, 6.45) is 3.43. The van der Waals surface area contributed by atoms with Gasteiger partial charge in [-0.15, -0.1) is 0 Å². The van der Waals surface area contributed by atoms with Crippen LogP contribution >= 0.6 is 11.6 Å². The van der Waals surface area contributed by atoms with Crippen molar-refractivity contribution < 1.29 is 9.59 Å². The number of nitrogens with zero attached hydrogens (tertiary/aromatic N) is 5. The average Bonchev–Trinajstić information content (AvgIpc) is 3.28. The maximum atomic E-state index is 13.2. The van der Waals surface area contributed by atoms with E-state index in [-0.39, 0.29) is 22.9 Å². The van der Waals surface area contributed by atoms with E-state index in [0.717, 1.165) is 44.4 Å². The molecule has 0 bridgehead atoms. The fourth-order valence-electron chi connectivity index (χ4n) is 6.89. The Bertz CT molecular complexity index is 3080. The zero-order valence-electron chi connectivity index (χ0n) is 36.4. The highest BCUT2D eigenvalue weighted by molar-refractivity contribution is 6.30. The molecule has 4 aromatic carbocycles. The number of nitrogens with one attached hydrogen (secondary N) is 3. The van der Waals surface area contributed by atoms with Crippen LogP contribution < -0.4 is 32.0 Å². The third-order valence-electron chi connectivity index (χ3n) is 10.3. The first-order valence-electron chi connectivity index (χ1n) is 20.1. The molecule has 63 heavy (non-hydrogen) atoms. The van der Waals surface area contributed by atoms with Crippen molar-refractivity contribution >= 4 is 62.4 Å². The second-order valence-corrected chi connectivity index (χ2v) is 15.5. The van der Waals surface area contributed by atoms with Gasteiger partial charge < -0.3 is 30.0 Å². The Morgan fingerprint density at radius 3 is 1.41 bits per heavy atom. The zero-order valence-corrected chi connectivity index (χ0v) is 37.2. The van der Waals surface area contributed by atoms with Crippen molar-refractivity contribution in [2.75, 3.05) is 43.7 Å². The molecular weight excluding hydrogens is 812 g/mol. The van der Waals surface area contributed by atoms with Gasteiger partial charge in [0.1, 0.15) is 11.0 Å². The van der Waals surface area contributed by atoms with E-state index in [1.807, 2.05) is 138 Å². The van der Waals surface area contributed by atoms with Crippen molar-refractivity contribution in [3.8, 4) is 22.3 Å². The number of carbonyl (C=O) groups is 2. The Morgan fingerprint density at radius 2 is 0.984 bits per heavy atom. The number of pyridine rings is 4. The molecule has 4 aromatic heterocycles. The van der Waals surface area contributed by atoms with Gasteiger partial charge in [0.15, 0.2) is 0 Å². The fourth-order valence-corrected chi connectivity index (χ4v) is 7.04. The molecule has 320 valence electrons. The van der Waals surface area contributed by atoms with E-state index in [1.54, 1.807) is 66.0 Å². The number of halogens is 1. The van der Waals surface area contributed by atoms with Crippen LogP contribution in [0, 0.1) is 13.8 Å². The molecule has 3 N–H and O–H groups in total. The molecule has 8 aromatic rings. The van der Waals surface area contributed by atoms with Crippen LogP contribution in [0.25, 0.3) is 44.1 Å². The van der Waals surface area contributed by atoms with Gasteiger partial charge in [0, 0.05) is 91.1 Å². The third kappa shape index (κ3) is 10.4. The number of aromatic nitrogens is 4. The SMILES string of the molecule is CNC.Cc1ccc(NC(=O)c2ccccc2)cc1-c1cc2cnc(Cl)cc2n(C)c1=O.Cc1ccc(NC(=O)c2ccccc2)cc1-c1cc2cnc(N(C)C)cc2n(C)c1=O. The predicted octanol–water partition coefficient (Wildman–Crippen LogP) is 8.88. The van der Waals surface area contributed by atoms with Gasteiger partial charge in [-0.05, 0) is 117 Å². The molecule has 0 aliphatic carbocycles. The third-order valence-corrected chi connectivity index (χ3v) is 10.5. The number of hydrogen-bond acceptors (Lipinski definition) is 8. The van der Waals surface area contributed by atoms with Crippen LogP contribution in [0.5, 0.6) is 0 Å². The van der Waals surface area contributed by atoms with Gasteiger partial charge in [-0.1, -0.05) is 60.1 Å². The number of aryl methyl sites for hydroxylation is 4. The molecule has 0 aliphatic heterocycles. The number of benzene rings is 4. The first-order valence-corrected chi connectivity index (χ1v) is 20.4. The summed E-state index contributed by atoms with van der Waals surface area (Å²) < 4.78 is 3.21. The number of amides is 2. The Labute approximate surface area is 370 Å². The predicted molar refractivity (Wildman–Crippen MR) is 257 cm³/mol. The van der Waals surface area contributed by atoms with Gasteiger partial charge in [-0.3, -0.25) is 19.2 Å². The van der Waals surface area contributed by atoms with Crippen molar-refractivity contribution in [1.29, 1.82) is 0 Å². The van der Waals surface area contributed by atoms with Gasteiger partial charge in [-0.25, -0.2) is 9.97 Å². The molecule has 0 saturated carbocycles. The lowest BCUT2D eigenvalue weighted by Crippen LogP contribution is -2.20. The molecule has 4 heterocycles. The summed E-state index contributed by atoms with van der Waals surface area (Å²) in [4.78, 5) is 61.7. The summed E-state index contributed by atoms with van der Waals surface area (Å²) in [6, 6.07) is 36.4. The normalized spacial score (nSPS) is 10.6. The lowest BCUT2D eigenvalue weighted by molar-refractivity contribution is 0.101. The van der Waals surface area contributed by atoms with E-state index in [2.05, 4.69) is 25.9 Å². The molecule has 0 radical (unpaired) electrons. The Kier molecular flexibility index (Phi) is 14.3. The summed E-state index contributed by atoms with van der Waals surface area (Å²) in [5.74, 6) is 0.393. The number of carbonyl (C=O) groups excluding carboxylic acids is 2. The van der Waals surface area contributed by atoms with Gasteiger partial charge in [0.2, 0.25) is 0 Å². The van der Waals surface area contributed by atoms with E-state index in [4.69, 9.17) is 11.6 Å². The zero-order chi connectivity index (χ0) is 45.4. The topological polar surface area (TPSA) is 143 Å². The van der Waals surface area contributed by atoms with E-state index in [0.29, 0.717) is 44.3 Å².